The highest BCUT2D eigenvalue weighted by molar-refractivity contribution is 9.10. The normalized spacial score (nSPS) is 10.4. The summed E-state index contributed by atoms with van der Waals surface area (Å²) in [5.41, 5.74) is 1.20. The van der Waals surface area contributed by atoms with Crippen molar-refractivity contribution in [2.24, 2.45) is 0 Å². The highest BCUT2D eigenvalue weighted by atomic mass is 79.9. The van der Waals surface area contributed by atoms with E-state index in [0.717, 1.165) is 11.6 Å². The second-order valence-corrected chi connectivity index (χ2v) is 5.48. The molecule has 20 heavy (non-hydrogen) atoms. The Balaban J connectivity index is 2.35. The molecule has 1 amide bonds. The maximum Gasteiger partial charge on any atom is 0.259 e. The molecule has 0 aliphatic heterocycles. The summed E-state index contributed by atoms with van der Waals surface area (Å²) >= 11 is 9.02. The Morgan fingerprint density at radius 2 is 2.05 bits per heavy atom. The smallest absolute Gasteiger partial charge is 0.259 e. The topological polar surface area (TPSA) is 49.3 Å². The lowest BCUT2D eigenvalue weighted by Gasteiger charge is -2.11. The molecule has 0 saturated carbocycles. The molecule has 2 N–H and O–H groups in total. The monoisotopic (exact) mass is 357 g/mol. The maximum atomic E-state index is 13.1. The van der Waals surface area contributed by atoms with E-state index in [1.807, 2.05) is 0 Å². The largest absolute Gasteiger partial charge is 0.507 e. The zero-order valence-corrected chi connectivity index (χ0v) is 12.7. The Bertz CT molecular complexity index is 668. The molecule has 3 nitrogen and oxygen atoms in total. The van der Waals surface area contributed by atoms with Crippen LogP contribution in [0, 0.1) is 12.7 Å². The highest BCUT2D eigenvalue weighted by Gasteiger charge is 2.15. The van der Waals surface area contributed by atoms with Gasteiger partial charge in [-0.05, 0) is 47.1 Å². The third-order valence-corrected chi connectivity index (χ3v) is 3.57. The van der Waals surface area contributed by atoms with Crippen LogP contribution >= 0.6 is 27.5 Å². The molecule has 0 unspecified atom stereocenters. The van der Waals surface area contributed by atoms with E-state index >= 15 is 0 Å². The van der Waals surface area contributed by atoms with E-state index in [1.165, 1.54) is 12.1 Å². The van der Waals surface area contributed by atoms with Gasteiger partial charge in [0.2, 0.25) is 0 Å². The van der Waals surface area contributed by atoms with Crippen LogP contribution in [-0.2, 0) is 0 Å². The lowest BCUT2D eigenvalue weighted by Crippen LogP contribution is -2.13. The van der Waals surface area contributed by atoms with Crippen LogP contribution in [0.25, 0.3) is 0 Å². The molecule has 0 radical (unpaired) electrons. The number of anilines is 1. The summed E-state index contributed by atoms with van der Waals surface area (Å²) in [4.78, 5) is 12.1. The van der Waals surface area contributed by atoms with Crippen molar-refractivity contribution >= 4 is 39.1 Å². The molecule has 0 heterocycles. The summed E-state index contributed by atoms with van der Waals surface area (Å²) in [6, 6.07) is 6.96. The van der Waals surface area contributed by atoms with E-state index in [2.05, 4.69) is 21.2 Å². The number of hydrogen-bond donors (Lipinski definition) is 2. The molecule has 2 rings (SSSR count). The zero-order chi connectivity index (χ0) is 14.9. The zero-order valence-electron chi connectivity index (χ0n) is 10.4. The van der Waals surface area contributed by atoms with Crippen LogP contribution in [0.15, 0.2) is 34.8 Å². The Labute approximate surface area is 128 Å². The summed E-state index contributed by atoms with van der Waals surface area (Å²) in [7, 11) is 0. The van der Waals surface area contributed by atoms with Crippen molar-refractivity contribution in [3.8, 4) is 5.75 Å². The van der Waals surface area contributed by atoms with Gasteiger partial charge in [-0.3, -0.25) is 4.79 Å². The minimum Gasteiger partial charge on any atom is -0.507 e. The highest BCUT2D eigenvalue weighted by Crippen LogP contribution is 2.32. The van der Waals surface area contributed by atoms with Gasteiger partial charge in [0, 0.05) is 4.47 Å². The average molecular weight is 359 g/mol. The molecule has 0 aromatic heterocycles. The van der Waals surface area contributed by atoms with Crippen LogP contribution < -0.4 is 5.32 Å². The van der Waals surface area contributed by atoms with Crippen molar-refractivity contribution in [1.29, 1.82) is 0 Å². The summed E-state index contributed by atoms with van der Waals surface area (Å²) < 4.78 is 13.4. The van der Waals surface area contributed by atoms with Gasteiger partial charge < -0.3 is 10.4 Å². The minimum absolute atomic E-state index is 0.0670. The van der Waals surface area contributed by atoms with Gasteiger partial charge in [-0.15, -0.1) is 0 Å². The number of benzene rings is 2. The van der Waals surface area contributed by atoms with E-state index in [-0.39, 0.29) is 22.0 Å². The quantitative estimate of drug-likeness (QED) is 0.830. The Kier molecular flexibility index (Phi) is 4.30. The van der Waals surface area contributed by atoms with E-state index in [4.69, 9.17) is 11.6 Å². The second-order valence-electron chi connectivity index (χ2n) is 4.22. The van der Waals surface area contributed by atoms with Gasteiger partial charge >= 0.3 is 0 Å². The van der Waals surface area contributed by atoms with Crippen molar-refractivity contribution in [3.05, 3.63) is 56.8 Å². The molecule has 2 aromatic rings. The molecule has 0 bridgehead atoms. The van der Waals surface area contributed by atoms with Gasteiger partial charge in [-0.2, -0.15) is 0 Å². The third kappa shape index (κ3) is 3.11. The summed E-state index contributed by atoms with van der Waals surface area (Å²) in [6.45, 7) is 1.80. The Morgan fingerprint density at radius 3 is 2.70 bits per heavy atom. The summed E-state index contributed by atoms with van der Waals surface area (Å²) in [5.74, 6) is -1.18. The van der Waals surface area contributed by atoms with Crippen molar-refractivity contribution in [1.82, 2.24) is 0 Å². The van der Waals surface area contributed by atoms with Gasteiger partial charge in [0.05, 0.1) is 16.3 Å². The fourth-order valence-electron chi connectivity index (χ4n) is 1.67. The van der Waals surface area contributed by atoms with E-state index in [1.54, 1.807) is 19.1 Å². The molecule has 0 spiro atoms. The summed E-state index contributed by atoms with van der Waals surface area (Å²) in [6.07, 6.45) is 0. The maximum absolute atomic E-state index is 13.1. The molecule has 104 valence electrons. The first-order valence-electron chi connectivity index (χ1n) is 5.64. The van der Waals surface area contributed by atoms with Crippen LogP contribution in [0.2, 0.25) is 5.02 Å². The molecule has 0 saturated heterocycles. The number of carbonyl (C=O) groups is 1. The first-order chi connectivity index (χ1) is 9.38. The van der Waals surface area contributed by atoms with Crippen molar-refractivity contribution in [2.75, 3.05) is 5.32 Å². The standard InChI is InChI=1S/C14H10BrClFNO2/c1-7-2-3-12(19)9(4-7)14(20)18-13-10(15)5-8(17)6-11(13)16/h2-6,19H,1H3,(H,18,20). The number of phenols is 1. The van der Waals surface area contributed by atoms with Crippen LogP contribution in [0.5, 0.6) is 5.75 Å². The number of hydrogen-bond acceptors (Lipinski definition) is 2. The van der Waals surface area contributed by atoms with Gasteiger partial charge in [-0.1, -0.05) is 23.2 Å². The van der Waals surface area contributed by atoms with E-state index in [9.17, 15) is 14.3 Å². The summed E-state index contributed by atoms with van der Waals surface area (Å²) in [5, 5.41) is 12.3. The molecule has 2 aromatic carbocycles. The number of amides is 1. The van der Waals surface area contributed by atoms with Crippen LogP contribution in [0.3, 0.4) is 0 Å². The number of carbonyl (C=O) groups excluding carboxylic acids is 1. The van der Waals surface area contributed by atoms with Crippen molar-refractivity contribution in [3.63, 3.8) is 0 Å². The Morgan fingerprint density at radius 1 is 1.35 bits per heavy atom. The molecule has 0 aliphatic rings. The number of phenolic OH excluding ortho intramolecular Hbond substituents is 1. The number of nitrogens with one attached hydrogen (secondary N) is 1. The van der Waals surface area contributed by atoms with Crippen LogP contribution in [0.4, 0.5) is 10.1 Å². The van der Waals surface area contributed by atoms with Crippen LogP contribution in [0.1, 0.15) is 15.9 Å². The van der Waals surface area contributed by atoms with E-state index in [0.29, 0.717) is 4.47 Å². The lowest BCUT2D eigenvalue weighted by atomic mass is 10.1. The number of aryl methyl sites for hydroxylation is 1. The first-order valence-corrected chi connectivity index (χ1v) is 6.81. The predicted octanol–water partition coefficient (Wildman–Crippen LogP) is 4.51. The van der Waals surface area contributed by atoms with Gasteiger partial charge in [0.25, 0.3) is 5.91 Å². The fourth-order valence-corrected chi connectivity index (χ4v) is 2.57. The lowest BCUT2D eigenvalue weighted by molar-refractivity contribution is 0.102. The van der Waals surface area contributed by atoms with Gasteiger partial charge in [-0.25, -0.2) is 4.39 Å². The number of aromatic hydroxyl groups is 1. The molecule has 0 fully saturated rings. The van der Waals surface area contributed by atoms with Gasteiger partial charge in [0.15, 0.2) is 0 Å². The van der Waals surface area contributed by atoms with E-state index < -0.39 is 11.7 Å². The van der Waals surface area contributed by atoms with Crippen molar-refractivity contribution < 1.29 is 14.3 Å². The Hall–Kier alpha value is -1.59. The molecular formula is C14H10BrClFNO2. The first kappa shape index (κ1) is 14.8. The molecule has 0 atom stereocenters. The van der Waals surface area contributed by atoms with Gasteiger partial charge in [0.1, 0.15) is 11.6 Å². The number of rotatable bonds is 2. The second kappa shape index (κ2) is 5.81. The average Bonchev–Trinajstić information content (AvgIpc) is 2.36. The minimum atomic E-state index is -0.527. The van der Waals surface area contributed by atoms with Crippen LogP contribution in [-0.4, -0.2) is 11.0 Å². The third-order valence-electron chi connectivity index (χ3n) is 2.64. The SMILES string of the molecule is Cc1ccc(O)c(C(=O)Nc2c(Cl)cc(F)cc2Br)c1. The van der Waals surface area contributed by atoms with Crippen molar-refractivity contribution in [2.45, 2.75) is 6.92 Å². The predicted molar refractivity (Wildman–Crippen MR) is 79.9 cm³/mol. The molecule has 0 aliphatic carbocycles. The number of halogens is 3. The molecule has 6 heteroatoms. The molecular weight excluding hydrogens is 349 g/mol. The fraction of sp³-hybridized carbons (Fsp3) is 0.0714.